The van der Waals surface area contributed by atoms with E-state index in [1.807, 2.05) is 12.1 Å². The number of hydrogen-bond donors (Lipinski definition) is 1. The number of benzene rings is 2. The summed E-state index contributed by atoms with van der Waals surface area (Å²) in [5.41, 5.74) is 2.52. The normalized spacial score (nSPS) is 21.6. The van der Waals surface area contributed by atoms with Crippen molar-refractivity contribution in [1.82, 2.24) is 9.62 Å². The van der Waals surface area contributed by atoms with Crippen LogP contribution in [0.5, 0.6) is 11.5 Å². The lowest BCUT2D eigenvalue weighted by molar-refractivity contribution is -0.127. The Morgan fingerprint density at radius 1 is 0.939 bits per heavy atom. The van der Waals surface area contributed by atoms with E-state index in [1.165, 1.54) is 15.4 Å². The highest BCUT2D eigenvalue weighted by Crippen LogP contribution is 2.34. The number of fused-ring (bicyclic) bond motifs is 2. The van der Waals surface area contributed by atoms with E-state index in [9.17, 15) is 13.2 Å². The first kappa shape index (κ1) is 22.2. The predicted octanol–water partition coefficient (Wildman–Crippen LogP) is 3.44. The molecule has 1 atom stereocenters. The molecule has 0 bridgehead atoms. The molecule has 3 aliphatic rings. The van der Waals surface area contributed by atoms with Gasteiger partial charge in [-0.15, -0.1) is 0 Å². The third-order valence-corrected chi connectivity index (χ3v) is 8.76. The molecule has 176 valence electrons. The number of nitrogens with one attached hydrogen (secondary N) is 1. The van der Waals surface area contributed by atoms with Gasteiger partial charge >= 0.3 is 0 Å². The van der Waals surface area contributed by atoms with Gasteiger partial charge in [-0.2, -0.15) is 4.31 Å². The predicted molar refractivity (Wildman–Crippen MR) is 124 cm³/mol. The van der Waals surface area contributed by atoms with E-state index >= 15 is 0 Å². The summed E-state index contributed by atoms with van der Waals surface area (Å²) >= 11 is 0. The Kier molecular flexibility index (Phi) is 6.29. The van der Waals surface area contributed by atoms with Crippen molar-refractivity contribution in [2.75, 3.05) is 26.3 Å². The first-order chi connectivity index (χ1) is 16.0. The van der Waals surface area contributed by atoms with Crippen LogP contribution in [0.15, 0.2) is 47.4 Å². The molecule has 0 radical (unpaired) electrons. The number of amides is 1. The zero-order valence-electron chi connectivity index (χ0n) is 18.7. The SMILES string of the molecule is O=C(N[C@@H]1CCCc2ccccc21)C1CCN(S(=O)(=O)c2ccc3c(c2)OCCCO3)CC1. The minimum absolute atomic E-state index is 0.0318. The van der Waals surface area contributed by atoms with Crippen LogP contribution in [0.25, 0.3) is 0 Å². The molecule has 33 heavy (non-hydrogen) atoms. The summed E-state index contributed by atoms with van der Waals surface area (Å²) in [7, 11) is -3.66. The van der Waals surface area contributed by atoms with Crippen molar-refractivity contribution in [3.8, 4) is 11.5 Å². The van der Waals surface area contributed by atoms with Crippen molar-refractivity contribution in [2.24, 2.45) is 5.92 Å². The molecular formula is C25H30N2O5S. The van der Waals surface area contributed by atoms with Gasteiger partial charge in [0.1, 0.15) is 0 Å². The quantitative estimate of drug-likeness (QED) is 0.740. The van der Waals surface area contributed by atoms with E-state index in [0.717, 1.165) is 25.7 Å². The number of sulfonamides is 1. The Bertz CT molecular complexity index is 1130. The number of rotatable bonds is 4. The van der Waals surface area contributed by atoms with Crippen molar-refractivity contribution < 1.29 is 22.7 Å². The van der Waals surface area contributed by atoms with Gasteiger partial charge in [0, 0.05) is 31.5 Å². The molecule has 2 aromatic rings. The average molecular weight is 471 g/mol. The number of carbonyl (C=O) groups excluding carboxylic acids is 1. The molecule has 1 N–H and O–H groups in total. The van der Waals surface area contributed by atoms with Crippen molar-refractivity contribution in [3.63, 3.8) is 0 Å². The third kappa shape index (κ3) is 4.59. The molecule has 1 amide bonds. The first-order valence-corrected chi connectivity index (χ1v) is 13.2. The second-order valence-corrected chi connectivity index (χ2v) is 10.9. The van der Waals surface area contributed by atoms with Crippen LogP contribution < -0.4 is 14.8 Å². The lowest BCUT2D eigenvalue weighted by Crippen LogP contribution is -2.44. The summed E-state index contributed by atoms with van der Waals surface area (Å²) in [5, 5.41) is 3.23. The van der Waals surface area contributed by atoms with Crippen LogP contribution in [0.1, 0.15) is 49.3 Å². The molecule has 0 spiro atoms. The van der Waals surface area contributed by atoms with Crippen LogP contribution in [-0.2, 0) is 21.2 Å². The number of ether oxygens (including phenoxy) is 2. The fraction of sp³-hybridized carbons (Fsp3) is 0.480. The highest BCUT2D eigenvalue weighted by atomic mass is 32.2. The minimum Gasteiger partial charge on any atom is -0.490 e. The van der Waals surface area contributed by atoms with Crippen LogP contribution in [0, 0.1) is 5.92 Å². The van der Waals surface area contributed by atoms with Gasteiger partial charge in [0.2, 0.25) is 15.9 Å². The molecule has 0 saturated carbocycles. The Morgan fingerprint density at radius 3 is 2.52 bits per heavy atom. The molecule has 2 heterocycles. The highest BCUT2D eigenvalue weighted by Gasteiger charge is 2.34. The van der Waals surface area contributed by atoms with Crippen LogP contribution in [-0.4, -0.2) is 44.9 Å². The summed E-state index contributed by atoms with van der Waals surface area (Å²) in [6.07, 6.45) is 4.86. The number of carbonyl (C=O) groups is 1. The summed E-state index contributed by atoms with van der Waals surface area (Å²) in [6.45, 7) is 1.72. The van der Waals surface area contributed by atoms with E-state index < -0.39 is 10.0 Å². The molecule has 2 aromatic carbocycles. The van der Waals surface area contributed by atoms with Crippen LogP contribution in [0.2, 0.25) is 0 Å². The van der Waals surface area contributed by atoms with Gasteiger partial charge in [-0.1, -0.05) is 24.3 Å². The Morgan fingerprint density at radius 2 is 1.70 bits per heavy atom. The van der Waals surface area contributed by atoms with Crippen molar-refractivity contribution in [3.05, 3.63) is 53.6 Å². The summed E-state index contributed by atoms with van der Waals surface area (Å²) in [6, 6.07) is 13.1. The van der Waals surface area contributed by atoms with E-state index in [4.69, 9.17) is 9.47 Å². The largest absolute Gasteiger partial charge is 0.490 e. The van der Waals surface area contributed by atoms with Crippen LogP contribution >= 0.6 is 0 Å². The number of nitrogens with zero attached hydrogens (tertiary/aromatic N) is 1. The van der Waals surface area contributed by atoms with Crippen LogP contribution in [0.4, 0.5) is 0 Å². The molecule has 8 heteroatoms. The maximum absolute atomic E-state index is 13.2. The average Bonchev–Trinajstić information content (AvgIpc) is 3.09. The fourth-order valence-corrected chi connectivity index (χ4v) is 6.49. The molecule has 1 fully saturated rings. The molecule has 1 aliphatic carbocycles. The van der Waals surface area contributed by atoms with E-state index in [1.54, 1.807) is 18.2 Å². The lowest BCUT2D eigenvalue weighted by Gasteiger charge is -2.32. The minimum atomic E-state index is -3.66. The molecule has 5 rings (SSSR count). The summed E-state index contributed by atoms with van der Waals surface area (Å²) in [4.78, 5) is 13.2. The molecule has 0 aromatic heterocycles. The van der Waals surface area contributed by atoms with Crippen molar-refractivity contribution in [1.29, 1.82) is 0 Å². The number of aryl methyl sites for hydroxylation is 1. The van der Waals surface area contributed by atoms with Gasteiger partial charge in [0.15, 0.2) is 11.5 Å². The monoisotopic (exact) mass is 470 g/mol. The lowest BCUT2D eigenvalue weighted by atomic mass is 9.87. The third-order valence-electron chi connectivity index (χ3n) is 6.87. The molecule has 1 saturated heterocycles. The number of piperidine rings is 1. The fourth-order valence-electron chi connectivity index (χ4n) is 5.00. The summed E-state index contributed by atoms with van der Waals surface area (Å²) in [5.74, 6) is 0.903. The summed E-state index contributed by atoms with van der Waals surface area (Å²) < 4.78 is 39.2. The van der Waals surface area contributed by atoms with Crippen molar-refractivity contribution in [2.45, 2.75) is 49.5 Å². The van der Waals surface area contributed by atoms with Crippen molar-refractivity contribution >= 4 is 15.9 Å². The first-order valence-electron chi connectivity index (χ1n) is 11.8. The Hall–Kier alpha value is -2.58. The van der Waals surface area contributed by atoms with Gasteiger partial charge in [-0.05, 0) is 55.4 Å². The topological polar surface area (TPSA) is 84.9 Å². The zero-order chi connectivity index (χ0) is 22.8. The van der Waals surface area contributed by atoms with Crippen LogP contribution in [0.3, 0.4) is 0 Å². The maximum atomic E-state index is 13.2. The van der Waals surface area contributed by atoms with E-state index in [2.05, 4.69) is 17.4 Å². The van der Waals surface area contributed by atoms with Gasteiger partial charge in [-0.3, -0.25) is 4.79 Å². The van der Waals surface area contributed by atoms with E-state index in [0.29, 0.717) is 50.6 Å². The molecular weight excluding hydrogens is 440 g/mol. The van der Waals surface area contributed by atoms with Gasteiger partial charge in [0.05, 0.1) is 24.2 Å². The molecule has 0 unspecified atom stereocenters. The Labute approximate surface area is 195 Å². The second kappa shape index (κ2) is 9.35. The molecule has 2 aliphatic heterocycles. The van der Waals surface area contributed by atoms with Gasteiger partial charge in [-0.25, -0.2) is 8.42 Å². The highest BCUT2D eigenvalue weighted by molar-refractivity contribution is 7.89. The standard InChI is InChI=1S/C25H30N2O5S/c28-25(26-22-8-3-6-18-5-1-2-7-21(18)22)19-11-13-27(14-12-19)33(29,30)20-9-10-23-24(17-20)32-16-4-15-31-23/h1-2,5,7,9-10,17,19,22H,3-4,6,8,11-16H2,(H,26,28)/t22-/m1/s1. The maximum Gasteiger partial charge on any atom is 0.243 e. The molecule has 7 nitrogen and oxygen atoms in total. The smallest absolute Gasteiger partial charge is 0.243 e. The van der Waals surface area contributed by atoms with Gasteiger partial charge < -0.3 is 14.8 Å². The second-order valence-electron chi connectivity index (χ2n) is 8.99. The zero-order valence-corrected chi connectivity index (χ0v) is 19.5. The Balaban J connectivity index is 1.22. The number of hydrogen-bond acceptors (Lipinski definition) is 5. The van der Waals surface area contributed by atoms with Gasteiger partial charge in [0.25, 0.3) is 0 Å². The van der Waals surface area contributed by atoms with E-state index in [-0.39, 0.29) is 22.8 Å².